The minimum Gasteiger partial charge on any atom is -0.459 e. The van der Waals surface area contributed by atoms with E-state index in [1.165, 1.54) is 17.7 Å². The first-order chi connectivity index (χ1) is 20.8. The minimum atomic E-state index is -1.04. The number of hydrogen-bond donors (Lipinski definition) is 1. The number of carbonyl (C=O) groups excluding carboxylic acids is 2. The number of esters is 1. The Morgan fingerprint density at radius 2 is 1.42 bits per heavy atom. The number of Topliss-reactive ketones (excluding diaryl/α,β-unsaturated/α-hetero) is 1. The zero-order valence-electron chi connectivity index (χ0n) is 24.1. The van der Waals surface area contributed by atoms with Crippen LogP contribution in [-0.4, -0.2) is 40.1 Å². The third-order valence-corrected chi connectivity index (χ3v) is 7.61. The molecule has 3 atom stereocenters. The van der Waals surface area contributed by atoms with E-state index in [9.17, 15) is 19.2 Å². The largest absolute Gasteiger partial charge is 0.459 e. The molecule has 1 fully saturated rings. The van der Waals surface area contributed by atoms with Crippen molar-refractivity contribution in [2.75, 3.05) is 6.61 Å². The summed E-state index contributed by atoms with van der Waals surface area (Å²) in [5.74, 6) is -0.661. The fraction of sp³-hybridized carbons (Fsp3) is 0.294. The lowest BCUT2D eigenvalue weighted by molar-refractivity contribution is -0.156. The van der Waals surface area contributed by atoms with Crippen molar-refractivity contribution in [2.24, 2.45) is 0 Å². The topological polar surface area (TPSA) is 117 Å². The summed E-state index contributed by atoms with van der Waals surface area (Å²) in [5.41, 5.74) is 0.869. The molecule has 0 spiro atoms. The smallest absolute Gasteiger partial charge is 0.330 e. The second-order valence-electron chi connectivity index (χ2n) is 10.7. The summed E-state index contributed by atoms with van der Waals surface area (Å²) >= 11 is 0. The van der Waals surface area contributed by atoms with Crippen LogP contribution in [0.4, 0.5) is 0 Å². The molecule has 1 N–H and O–H groups in total. The number of benzene rings is 3. The van der Waals surface area contributed by atoms with Gasteiger partial charge in [0, 0.05) is 24.6 Å². The van der Waals surface area contributed by atoms with E-state index in [2.05, 4.69) is 4.98 Å². The molecule has 3 aromatic carbocycles. The molecule has 222 valence electrons. The summed E-state index contributed by atoms with van der Waals surface area (Å²) in [6, 6.07) is 29.5. The number of carbonyl (C=O) groups is 2. The summed E-state index contributed by atoms with van der Waals surface area (Å²) in [6.07, 6.45) is -0.767. The monoisotopic (exact) mass is 582 g/mol. The van der Waals surface area contributed by atoms with Crippen LogP contribution in [-0.2, 0) is 29.4 Å². The van der Waals surface area contributed by atoms with Crippen LogP contribution >= 0.6 is 0 Å². The molecule has 2 heterocycles. The predicted octanol–water partition coefficient (Wildman–Crippen LogP) is 4.42. The highest BCUT2D eigenvalue weighted by Gasteiger charge is 2.43. The van der Waals surface area contributed by atoms with Crippen molar-refractivity contribution >= 4 is 11.8 Å². The quantitative estimate of drug-likeness (QED) is 0.206. The molecule has 5 rings (SSSR count). The number of nitrogens with zero attached hydrogens (tertiary/aromatic N) is 1. The Balaban J connectivity index is 1.52. The van der Waals surface area contributed by atoms with Gasteiger partial charge in [-0.3, -0.25) is 19.1 Å². The summed E-state index contributed by atoms with van der Waals surface area (Å²) in [4.78, 5) is 51.2. The van der Waals surface area contributed by atoms with Gasteiger partial charge in [-0.15, -0.1) is 0 Å². The highest BCUT2D eigenvalue weighted by atomic mass is 16.6. The molecule has 4 aromatic rings. The molecule has 1 aliphatic heterocycles. The fourth-order valence-electron chi connectivity index (χ4n) is 5.43. The summed E-state index contributed by atoms with van der Waals surface area (Å²) < 4.78 is 20.4. The molecule has 0 radical (unpaired) electrons. The molecule has 0 bridgehead atoms. The average molecular weight is 583 g/mol. The molecule has 0 saturated carbocycles. The zero-order chi connectivity index (χ0) is 30.4. The van der Waals surface area contributed by atoms with Crippen molar-refractivity contribution in [3.8, 4) is 0 Å². The summed E-state index contributed by atoms with van der Waals surface area (Å²) in [7, 11) is 0. The maximum absolute atomic E-state index is 12.7. The molecule has 9 nitrogen and oxygen atoms in total. The molecule has 0 aliphatic carbocycles. The van der Waals surface area contributed by atoms with Crippen LogP contribution in [0.1, 0.15) is 54.7 Å². The number of H-pyrrole nitrogens is 1. The maximum atomic E-state index is 12.7. The Morgan fingerprint density at radius 1 is 0.884 bits per heavy atom. The van der Waals surface area contributed by atoms with Crippen LogP contribution in [0.25, 0.3) is 0 Å². The van der Waals surface area contributed by atoms with Gasteiger partial charge in [-0.2, -0.15) is 0 Å². The van der Waals surface area contributed by atoms with E-state index in [1.807, 2.05) is 91.0 Å². The molecule has 0 amide bonds. The van der Waals surface area contributed by atoms with Gasteiger partial charge in [0.05, 0.1) is 13.0 Å². The Hall–Kier alpha value is -4.60. The molecule has 1 saturated heterocycles. The first kappa shape index (κ1) is 29.9. The Kier molecular flexibility index (Phi) is 9.13. The van der Waals surface area contributed by atoms with Gasteiger partial charge >= 0.3 is 11.7 Å². The van der Waals surface area contributed by atoms with E-state index >= 15 is 0 Å². The Labute approximate surface area is 249 Å². The van der Waals surface area contributed by atoms with Crippen LogP contribution in [0.5, 0.6) is 0 Å². The third-order valence-electron chi connectivity index (χ3n) is 7.61. The highest BCUT2D eigenvalue weighted by Crippen LogP contribution is 2.42. The predicted molar refractivity (Wildman–Crippen MR) is 160 cm³/mol. The molecule has 1 aromatic heterocycles. The number of hydrogen-bond acceptors (Lipinski definition) is 7. The first-order valence-electron chi connectivity index (χ1n) is 14.2. The second kappa shape index (κ2) is 13.1. The lowest BCUT2D eigenvalue weighted by atomic mass is 9.80. The normalized spacial score (nSPS) is 18.3. The molecular weight excluding hydrogens is 548 g/mol. The first-order valence-corrected chi connectivity index (χ1v) is 14.2. The van der Waals surface area contributed by atoms with Gasteiger partial charge in [-0.25, -0.2) is 4.79 Å². The Bertz CT molecular complexity index is 1570. The lowest BCUT2D eigenvalue weighted by Gasteiger charge is -2.37. The van der Waals surface area contributed by atoms with E-state index < -0.39 is 41.3 Å². The lowest BCUT2D eigenvalue weighted by Crippen LogP contribution is -2.39. The van der Waals surface area contributed by atoms with E-state index in [4.69, 9.17) is 14.2 Å². The molecule has 9 heteroatoms. The number of aromatic nitrogens is 2. The molecule has 0 unspecified atom stereocenters. The number of ketones is 1. The SMILES string of the molecule is CC(=O)CCC(=O)O[C@H]1C[C@@H](n2cc(C)c(=O)[nH]c2=O)O[C@H]1COC(c1ccccc1)(c1ccccc1)c1ccccc1. The number of rotatable bonds is 11. The van der Waals surface area contributed by atoms with Crippen LogP contribution in [0.2, 0.25) is 0 Å². The molecule has 43 heavy (non-hydrogen) atoms. The van der Waals surface area contributed by atoms with Crippen LogP contribution < -0.4 is 11.2 Å². The number of aryl methyl sites for hydroxylation is 1. The maximum Gasteiger partial charge on any atom is 0.330 e. The van der Waals surface area contributed by atoms with E-state index in [-0.39, 0.29) is 31.7 Å². The van der Waals surface area contributed by atoms with Gasteiger partial charge in [-0.05, 0) is 30.5 Å². The third kappa shape index (κ3) is 6.58. The number of ether oxygens (including phenoxy) is 3. The molecular formula is C34H34N2O7. The average Bonchev–Trinajstić information content (AvgIpc) is 3.41. The van der Waals surface area contributed by atoms with E-state index in [0.29, 0.717) is 5.56 Å². The van der Waals surface area contributed by atoms with Crippen molar-refractivity contribution in [1.82, 2.24) is 9.55 Å². The summed E-state index contributed by atoms with van der Waals surface area (Å²) in [5, 5.41) is 0. The van der Waals surface area contributed by atoms with Crippen molar-refractivity contribution in [2.45, 2.75) is 57.1 Å². The standard InChI is InChI=1S/C34H34N2O7/c1-23-21-36(33(40)35-32(23)39)30-20-28(43-31(38)19-18-24(2)37)29(42-30)22-41-34(25-12-6-3-7-13-25,26-14-8-4-9-15-26)27-16-10-5-11-17-27/h3-17,21,28-30H,18-20,22H2,1-2H3,(H,35,39,40)/t28-,29-,30-/m0/s1. The van der Waals surface area contributed by atoms with E-state index in [0.717, 1.165) is 16.7 Å². The zero-order valence-corrected chi connectivity index (χ0v) is 24.1. The van der Waals surface area contributed by atoms with Crippen molar-refractivity contribution < 1.29 is 23.8 Å². The molecule has 1 aliphatic rings. The van der Waals surface area contributed by atoms with Gasteiger partial charge in [0.15, 0.2) is 0 Å². The van der Waals surface area contributed by atoms with Crippen molar-refractivity contribution in [3.05, 3.63) is 140 Å². The van der Waals surface area contributed by atoms with Crippen molar-refractivity contribution in [1.29, 1.82) is 0 Å². The fourth-order valence-corrected chi connectivity index (χ4v) is 5.43. The van der Waals surface area contributed by atoms with Gasteiger partial charge in [-0.1, -0.05) is 91.0 Å². The van der Waals surface area contributed by atoms with Crippen molar-refractivity contribution in [3.63, 3.8) is 0 Å². The van der Waals surface area contributed by atoms with Gasteiger partial charge < -0.3 is 19.0 Å². The van der Waals surface area contributed by atoms with Crippen LogP contribution in [0.15, 0.2) is 107 Å². The Morgan fingerprint density at radius 3 is 1.93 bits per heavy atom. The summed E-state index contributed by atoms with van der Waals surface area (Å²) in [6.45, 7) is 3.01. The number of aromatic amines is 1. The van der Waals surface area contributed by atoms with Gasteiger partial charge in [0.2, 0.25) is 0 Å². The highest BCUT2D eigenvalue weighted by molar-refractivity contribution is 5.81. The van der Waals surface area contributed by atoms with Gasteiger partial charge in [0.25, 0.3) is 5.56 Å². The van der Waals surface area contributed by atoms with Gasteiger partial charge in [0.1, 0.15) is 29.8 Å². The minimum absolute atomic E-state index is 0.00305. The second-order valence-corrected chi connectivity index (χ2v) is 10.7. The van der Waals surface area contributed by atoms with Crippen LogP contribution in [0, 0.1) is 6.92 Å². The van der Waals surface area contributed by atoms with E-state index in [1.54, 1.807) is 6.92 Å². The number of nitrogens with one attached hydrogen (secondary N) is 1. The van der Waals surface area contributed by atoms with Crippen LogP contribution in [0.3, 0.4) is 0 Å².